The second-order valence-electron chi connectivity index (χ2n) is 4.27. The van der Waals surface area contributed by atoms with Gasteiger partial charge in [0.2, 0.25) is 0 Å². The van der Waals surface area contributed by atoms with Crippen molar-refractivity contribution in [3.8, 4) is 0 Å². The highest BCUT2D eigenvalue weighted by molar-refractivity contribution is 5.17. The maximum Gasteiger partial charge on any atom is 0.0882 e. The highest BCUT2D eigenvalue weighted by atomic mass is 16.5. The first-order valence-electron chi connectivity index (χ1n) is 4.48. The highest BCUT2D eigenvalue weighted by Crippen LogP contribution is 2.65. The lowest BCUT2D eigenvalue weighted by Gasteiger charge is -2.21. The first kappa shape index (κ1) is 8.48. The van der Waals surface area contributed by atoms with Crippen molar-refractivity contribution < 1.29 is 14.9 Å². The molecule has 3 nitrogen and oxygen atoms in total. The Balaban J connectivity index is 2.13. The van der Waals surface area contributed by atoms with Crippen LogP contribution in [0.15, 0.2) is 0 Å². The van der Waals surface area contributed by atoms with Crippen LogP contribution in [0, 0.1) is 17.3 Å². The van der Waals surface area contributed by atoms with Gasteiger partial charge in [-0.25, -0.2) is 0 Å². The monoisotopic (exact) mass is 172 g/mol. The molecule has 0 aromatic heterocycles. The predicted octanol–water partition coefficient (Wildman–Crippen LogP) is 0.0106. The van der Waals surface area contributed by atoms with Crippen molar-refractivity contribution >= 4 is 0 Å². The molecule has 0 aliphatic heterocycles. The largest absolute Gasteiger partial charge is 0.390 e. The van der Waals surface area contributed by atoms with Crippen LogP contribution in [0.2, 0.25) is 0 Å². The van der Waals surface area contributed by atoms with E-state index in [1.807, 2.05) is 6.92 Å². The SMILES string of the molecule is COC[C@@]12C[C@@H]1[C@@H](C)[C@@H](O)C2O. The molecule has 3 heteroatoms. The Kier molecular flexibility index (Phi) is 1.72. The molecule has 0 heterocycles. The average Bonchev–Trinajstić information content (AvgIpc) is 2.73. The van der Waals surface area contributed by atoms with Gasteiger partial charge in [0.25, 0.3) is 0 Å². The van der Waals surface area contributed by atoms with Gasteiger partial charge in [0, 0.05) is 12.5 Å². The fourth-order valence-electron chi connectivity index (χ4n) is 2.79. The van der Waals surface area contributed by atoms with Crippen molar-refractivity contribution in [2.24, 2.45) is 17.3 Å². The van der Waals surface area contributed by atoms with Gasteiger partial charge in [-0.15, -0.1) is 0 Å². The van der Waals surface area contributed by atoms with Crippen LogP contribution in [-0.4, -0.2) is 36.1 Å². The summed E-state index contributed by atoms with van der Waals surface area (Å²) in [6.45, 7) is 2.59. The van der Waals surface area contributed by atoms with E-state index in [2.05, 4.69) is 0 Å². The summed E-state index contributed by atoms with van der Waals surface area (Å²) in [4.78, 5) is 0. The Bertz CT molecular complexity index is 192. The molecule has 2 aliphatic carbocycles. The maximum atomic E-state index is 9.73. The van der Waals surface area contributed by atoms with E-state index in [4.69, 9.17) is 4.74 Å². The van der Waals surface area contributed by atoms with Gasteiger partial charge in [-0.2, -0.15) is 0 Å². The summed E-state index contributed by atoms with van der Waals surface area (Å²) in [6, 6.07) is 0. The van der Waals surface area contributed by atoms with Crippen molar-refractivity contribution in [2.45, 2.75) is 25.6 Å². The Morgan fingerprint density at radius 3 is 2.58 bits per heavy atom. The van der Waals surface area contributed by atoms with Crippen molar-refractivity contribution in [2.75, 3.05) is 13.7 Å². The Morgan fingerprint density at radius 1 is 1.50 bits per heavy atom. The van der Waals surface area contributed by atoms with Crippen LogP contribution >= 0.6 is 0 Å². The maximum absolute atomic E-state index is 9.73. The van der Waals surface area contributed by atoms with E-state index in [9.17, 15) is 10.2 Å². The molecular formula is C9H16O3. The molecule has 0 saturated heterocycles. The van der Waals surface area contributed by atoms with Crippen LogP contribution in [0.25, 0.3) is 0 Å². The number of hydrogen-bond donors (Lipinski definition) is 2. The molecule has 2 fully saturated rings. The molecule has 2 aliphatic rings. The number of aliphatic hydroxyl groups is 2. The molecule has 1 unspecified atom stereocenters. The quantitative estimate of drug-likeness (QED) is 0.617. The van der Waals surface area contributed by atoms with Crippen molar-refractivity contribution in [1.29, 1.82) is 0 Å². The lowest BCUT2D eigenvalue weighted by molar-refractivity contribution is -0.0356. The third kappa shape index (κ3) is 0.817. The number of fused-ring (bicyclic) bond motifs is 1. The summed E-state index contributed by atoms with van der Waals surface area (Å²) in [5.74, 6) is 0.706. The van der Waals surface area contributed by atoms with Crippen LogP contribution in [0.3, 0.4) is 0 Å². The van der Waals surface area contributed by atoms with Crippen LogP contribution in [0.4, 0.5) is 0 Å². The van der Waals surface area contributed by atoms with Crippen molar-refractivity contribution in [1.82, 2.24) is 0 Å². The van der Waals surface area contributed by atoms with Crippen molar-refractivity contribution in [3.63, 3.8) is 0 Å². The molecule has 12 heavy (non-hydrogen) atoms. The van der Waals surface area contributed by atoms with E-state index in [0.29, 0.717) is 12.5 Å². The molecule has 2 rings (SSSR count). The number of hydrogen-bond acceptors (Lipinski definition) is 3. The van der Waals surface area contributed by atoms with Gasteiger partial charge in [-0.1, -0.05) is 6.92 Å². The second-order valence-corrected chi connectivity index (χ2v) is 4.27. The molecule has 2 saturated carbocycles. The Hall–Kier alpha value is -0.120. The zero-order chi connectivity index (χ0) is 8.93. The smallest absolute Gasteiger partial charge is 0.0882 e. The van der Waals surface area contributed by atoms with Gasteiger partial charge < -0.3 is 14.9 Å². The van der Waals surface area contributed by atoms with E-state index in [1.165, 1.54) is 0 Å². The minimum absolute atomic E-state index is 0.104. The zero-order valence-electron chi connectivity index (χ0n) is 7.53. The molecule has 0 bridgehead atoms. The second kappa shape index (κ2) is 2.44. The molecule has 0 radical (unpaired) electrons. The lowest BCUT2D eigenvalue weighted by Crippen LogP contribution is -2.34. The van der Waals surface area contributed by atoms with Gasteiger partial charge in [0.15, 0.2) is 0 Å². The minimum atomic E-state index is -0.572. The molecule has 2 N–H and O–H groups in total. The summed E-state index contributed by atoms with van der Waals surface area (Å²) in [5, 5.41) is 19.3. The summed E-state index contributed by atoms with van der Waals surface area (Å²) in [7, 11) is 1.65. The number of rotatable bonds is 2. The highest BCUT2D eigenvalue weighted by Gasteiger charge is 2.69. The first-order chi connectivity index (χ1) is 5.63. The van der Waals surface area contributed by atoms with Gasteiger partial charge in [0.05, 0.1) is 18.8 Å². The third-order valence-electron chi connectivity index (χ3n) is 3.68. The van der Waals surface area contributed by atoms with E-state index < -0.39 is 12.2 Å². The summed E-state index contributed by atoms with van der Waals surface area (Å²) in [6.07, 6.45) is -0.100. The average molecular weight is 172 g/mol. The van der Waals surface area contributed by atoms with Crippen LogP contribution in [0.5, 0.6) is 0 Å². The van der Waals surface area contributed by atoms with Crippen molar-refractivity contribution in [3.05, 3.63) is 0 Å². The number of methoxy groups -OCH3 is 1. The van der Waals surface area contributed by atoms with E-state index in [0.717, 1.165) is 6.42 Å². The van der Waals surface area contributed by atoms with Crippen LogP contribution in [-0.2, 0) is 4.74 Å². The van der Waals surface area contributed by atoms with Gasteiger partial charge in [-0.3, -0.25) is 0 Å². The molecule has 5 atom stereocenters. The minimum Gasteiger partial charge on any atom is -0.390 e. The molecule has 0 aromatic rings. The zero-order valence-corrected chi connectivity index (χ0v) is 7.53. The first-order valence-corrected chi connectivity index (χ1v) is 4.48. The van der Waals surface area contributed by atoms with Gasteiger partial charge in [0.1, 0.15) is 0 Å². The summed E-state index contributed by atoms with van der Waals surface area (Å²) < 4.78 is 5.07. The van der Waals surface area contributed by atoms with E-state index in [-0.39, 0.29) is 11.3 Å². The Labute approximate surface area is 72.3 Å². The molecular weight excluding hydrogens is 156 g/mol. The summed E-state index contributed by atoms with van der Waals surface area (Å²) in [5.41, 5.74) is -0.104. The van der Waals surface area contributed by atoms with E-state index in [1.54, 1.807) is 7.11 Å². The Morgan fingerprint density at radius 2 is 2.17 bits per heavy atom. The molecule has 0 aromatic carbocycles. The van der Waals surface area contributed by atoms with Gasteiger partial charge >= 0.3 is 0 Å². The fourth-order valence-corrected chi connectivity index (χ4v) is 2.79. The number of ether oxygens (including phenoxy) is 1. The molecule has 0 spiro atoms. The summed E-state index contributed by atoms with van der Waals surface area (Å²) >= 11 is 0. The number of aliphatic hydroxyl groups excluding tert-OH is 2. The van der Waals surface area contributed by atoms with E-state index >= 15 is 0 Å². The topological polar surface area (TPSA) is 49.7 Å². The molecule has 70 valence electrons. The predicted molar refractivity (Wildman–Crippen MR) is 43.6 cm³/mol. The molecule has 0 amide bonds. The standard InChI is InChI=1S/C9H16O3/c1-5-6-3-9(6,4-12-2)8(11)7(5)10/h5-8,10-11H,3-4H2,1-2H3/t5-,6-,7-,8?,9+/m1/s1. The third-order valence-corrected chi connectivity index (χ3v) is 3.68. The van der Waals surface area contributed by atoms with Crippen LogP contribution in [0.1, 0.15) is 13.3 Å². The lowest BCUT2D eigenvalue weighted by atomic mass is 9.99. The fraction of sp³-hybridized carbons (Fsp3) is 1.00. The van der Waals surface area contributed by atoms with Crippen LogP contribution < -0.4 is 0 Å². The van der Waals surface area contributed by atoms with Gasteiger partial charge in [-0.05, 0) is 18.3 Å². The normalized spacial score (nSPS) is 57.0.